The second-order valence-corrected chi connectivity index (χ2v) is 5.84. The molecule has 1 unspecified atom stereocenters. The van der Waals surface area contributed by atoms with E-state index in [0.717, 1.165) is 10.2 Å². The van der Waals surface area contributed by atoms with Crippen LogP contribution in [0.1, 0.15) is 17.2 Å². The van der Waals surface area contributed by atoms with Crippen molar-refractivity contribution in [2.24, 2.45) is 10.7 Å². The van der Waals surface area contributed by atoms with Crippen molar-refractivity contribution in [1.29, 1.82) is 0 Å². The molecule has 0 spiro atoms. The zero-order valence-electron chi connectivity index (χ0n) is 11.3. The van der Waals surface area contributed by atoms with E-state index in [4.69, 9.17) is 5.73 Å². The summed E-state index contributed by atoms with van der Waals surface area (Å²) in [6, 6.07) is 16.8. The van der Waals surface area contributed by atoms with E-state index in [1.54, 1.807) is 0 Å². The Hall–Kier alpha value is -1.81. The number of para-hydroxylation sites is 1. The maximum Gasteiger partial charge on any atom is 0.196 e. The van der Waals surface area contributed by atoms with Gasteiger partial charge in [0.2, 0.25) is 0 Å². The third-order valence-electron chi connectivity index (χ3n) is 3.61. The SMILES string of the molecule is Cc1ccccc1N1C(N)=NCC1c1ccc(Br)cc1. The average molecular weight is 330 g/mol. The van der Waals surface area contributed by atoms with Gasteiger partial charge in [-0.1, -0.05) is 46.3 Å². The van der Waals surface area contributed by atoms with E-state index in [-0.39, 0.29) is 6.04 Å². The van der Waals surface area contributed by atoms with Crippen LogP contribution in [-0.2, 0) is 0 Å². The first-order valence-electron chi connectivity index (χ1n) is 6.57. The third kappa shape index (κ3) is 2.31. The Balaban J connectivity index is 2.01. The van der Waals surface area contributed by atoms with Gasteiger partial charge in [-0.3, -0.25) is 4.99 Å². The molecule has 0 radical (unpaired) electrons. The second-order valence-electron chi connectivity index (χ2n) is 4.92. The number of hydrogen-bond donors (Lipinski definition) is 1. The summed E-state index contributed by atoms with van der Waals surface area (Å²) in [5.74, 6) is 0.590. The molecule has 2 N–H and O–H groups in total. The van der Waals surface area contributed by atoms with Crippen molar-refractivity contribution in [2.45, 2.75) is 13.0 Å². The molecule has 1 heterocycles. The monoisotopic (exact) mass is 329 g/mol. The fourth-order valence-electron chi connectivity index (χ4n) is 2.56. The molecule has 3 nitrogen and oxygen atoms in total. The molecule has 4 heteroatoms. The van der Waals surface area contributed by atoms with Gasteiger partial charge in [-0.05, 0) is 36.2 Å². The lowest BCUT2D eigenvalue weighted by Crippen LogP contribution is -2.36. The van der Waals surface area contributed by atoms with Crippen LogP contribution in [-0.4, -0.2) is 12.5 Å². The van der Waals surface area contributed by atoms with Crippen LogP contribution in [0, 0.1) is 6.92 Å². The molecule has 1 aliphatic rings. The lowest BCUT2D eigenvalue weighted by Gasteiger charge is -2.28. The van der Waals surface area contributed by atoms with Crippen molar-refractivity contribution in [3.63, 3.8) is 0 Å². The number of benzene rings is 2. The molecule has 0 aromatic heterocycles. The second kappa shape index (κ2) is 5.29. The number of hydrogen-bond acceptors (Lipinski definition) is 3. The third-order valence-corrected chi connectivity index (χ3v) is 4.14. The molecule has 1 atom stereocenters. The lowest BCUT2D eigenvalue weighted by atomic mass is 10.0. The summed E-state index contributed by atoms with van der Waals surface area (Å²) in [6.07, 6.45) is 0. The standard InChI is InChI=1S/C16H16BrN3/c1-11-4-2-3-5-14(11)20-15(10-19-16(20)18)12-6-8-13(17)9-7-12/h2-9,15H,10H2,1H3,(H2,18,19). The first kappa shape index (κ1) is 13.2. The smallest absolute Gasteiger partial charge is 0.196 e. The fraction of sp³-hybridized carbons (Fsp3) is 0.188. The summed E-state index contributed by atoms with van der Waals surface area (Å²) < 4.78 is 1.08. The van der Waals surface area contributed by atoms with Gasteiger partial charge < -0.3 is 10.6 Å². The van der Waals surface area contributed by atoms with E-state index in [1.807, 2.05) is 12.1 Å². The van der Waals surface area contributed by atoms with Crippen LogP contribution in [0.3, 0.4) is 0 Å². The minimum Gasteiger partial charge on any atom is -0.369 e. The molecule has 0 saturated heterocycles. The van der Waals surface area contributed by atoms with Gasteiger partial charge in [0, 0.05) is 10.2 Å². The highest BCUT2D eigenvalue weighted by Gasteiger charge is 2.29. The van der Waals surface area contributed by atoms with Gasteiger partial charge in [-0.15, -0.1) is 0 Å². The Bertz CT molecular complexity index is 649. The maximum absolute atomic E-state index is 6.10. The molecule has 0 fully saturated rings. The van der Waals surface area contributed by atoms with Gasteiger partial charge in [0.05, 0.1) is 12.6 Å². The fourth-order valence-corrected chi connectivity index (χ4v) is 2.83. The van der Waals surface area contributed by atoms with Gasteiger partial charge >= 0.3 is 0 Å². The van der Waals surface area contributed by atoms with Crippen LogP contribution < -0.4 is 10.6 Å². The molecule has 2 aromatic carbocycles. The summed E-state index contributed by atoms with van der Waals surface area (Å²) in [5.41, 5.74) is 9.65. The number of nitrogens with two attached hydrogens (primary N) is 1. The minimum atomic E-state index is 0.171. The van der Waals surface area contributed by atoms with Crippen molar-refractivity contribution < 1.29 is 0 Å². The number of nitrogens with zero attached hydrogens (tertiary/aromatic N) is 2. The van der Waals surface area contributed by atoms with Crippen LogP contribution in [0.25, 0.3) is 0 Å². The van der Waals surface area contributed by atoms with E-state index in [0.29, 0.717) is 12.5 Å². The van der Waals surface area contributed by atoms with Crippen LogP contribution in [0.5, 0.6) is 0 Å². The maximum atomic E-state index is 6.10. The molecular weight excluding hydrogens is 314 g/mol. The van der Waals surface area contributed by atoms with Crippen molar-refractivity contribution in [3.8, 4) is 0 Å². The molecule has 0 saturated carbocycles. The molecule has 3 rings (SSSR count). The zero-order valence-corrected chi connectivity index (χ0v) is 12.8. The molecule has 20 heavy (non-hydrogen) atoms. The molecule has 1 aliphatic heterocycles. The summed E-state index contributed by atoms with van der Waals surface area (Å²) in [6.45, 7) is 2.79. The van der Waals surface area contributed by atoms with Gasteiger partial charge in [0.1, 0.15) is 0 Å². The van der Waals surface area contributed by atoms with E-state index < -0.39 is 0 Å². The highest BCUT2D eigenvalue weighted by molar-refractivity contribution is 9.10. The highest BCUT2D eigenvalue weighted by Crippen LogP contribution is 2.33. The lowest BCUT2D eigenvalue weighted by molar-refractivity contribution is 0.767. The number of aryl methyl sites for hydroxylation is 1. The predicted molar refractivity (Wildman–Crippen MR) is 87.0 cm³/mol. The Morgan fingerprint density at radius 3 is 2.55 bits per heavy atom. The molecule has 2 aromatic rings. The number of aliphatic imine (C=N–C) groups is 1. The van der Waals surface area contributed by atoms with Crippen LogP contribution in [0.4, 0.5) is 5.69 Å². The number of anilines is 1. The van der Waals surface area contributed by atoms with E-state index in [1.165, 1.54) is 11.1 Å². The van der Waals surface area contributed by atoms with Gasteiger partial charge in [0.15, 0.2) is 5.96 Å². The van der Waals surface area contributed by atoms with E-state index in [9.17, 15) is 0 Å². The molecule has 0 amide bonds. The normalized spacial score (nSPS) is 18.2. The quantitative estimate of drug-likeness (QED) is 0.913. The van der Waals surface area contributed by atoms with Crippen LogP contribution in [0.2, 0.25) is 0 Å². The molecule has 0 aliphatic carbocycles. The van der Waals surface area contributed by atoms with E-state index in [2.05, 4.69) is 69.1 Å². The molecule has 0 bridgehead atoms. The van der Waals surface area contributed by atoms with Crippen molar-refractivity contribution in [2.75, 3.05) is 11.4 Å². The van der Waals surface area contributed by atoms with Crippen molar-refractivity contribution in [3.05, 3.63) is 64.1 Å². The topological polar surface area (TPSA) is 41.6 Å². The summed E-state index contributed by atoms with van der Waals surface area (Å²) in [7, 11) is 0. The number of rotatable bonds is 2. The van der Waals surface area contributed by atoms with Crippen molar-refractivity contribution in [1.82, 2.24) is 0 Å². The Morgan fingerprint density at radius 2 is 1.85 bits per heavy atom. The van der Waals surface area contributed by atoms with Crippen LogP contribution >= 0.6 is 15.9 Å². The number of guanidine groups is 1. The van der Waals surface area contributed by atoms with Crippen LogP contribution in [0.15, 0.2) is 58.0 Å². The Morgan fingerprint density at radius 1 is 1.15 bits per heavy atom. The Kier molecular flexibility index (Phi) is 3.49. The molecular formula is C16H16BrN3. The molecule has 102 valence electrons. The first-order valence-corrected chi connectivity index (χ1v) is 7.36. The zero-order chi connectivity index (χ0) is 14.1. The summed E-state index contributed by atoms with van der Waals surface area (Å²) >= 11 is 3.47. The van der Waals surface area contributed by atoms with E-state index >= 15 is 0 Å². The highest BCUT2D eigenvalue weighted by atomic mass is 79.9. The average Bonchev–Trinajstić information content (AvgIpc) is 2.82. The van der Waals surface area contributed by atoms with Gasteiger partial charge in [-0.25, -0.2) is 0 Å². The predicted octanol–water partition coefficient (Wildman–Crippen LogP) is 3.63. The summed E-state index contributed by atoms with van der Waals surface area (Å²) in [4.78, 5) is 6.55. The van der Waals surface area contributed by atoms with Crippen molar-refractivity contribution >= 4 is 27.6 Å². The first-order chi connectivity index (χ1) is 9.66. The van der Waals surface area contributed by atoms with Gasteiger partial charge in [0.25, 0.3) is 0 Å². The number of halogens is 1. The van der Waals surface area contributed by atoms with Gasteiger partial charge in [-0.2, -0.15) is 0 Å². The minimum absolute atomic E-state index is 0.171. The largest absolute Gasteiger partial charge is 0.369 e. The summed E-state index contributed by atoms with van der Waals surface area (Å²) in [5, 5.41) is 0. The Labute approximate surface area is 127 Å².